The zero-order chi connectivity index (χ0) is 12.7. The lowest BCUT2D eigenvalue weighted by Crippen LogP contribution is -2.13. The summed E-state index contributed by atoms with van der Waals surface area (Å²) in [5, 5.41) is 0. The van der Waals surface area contributed by atoms with Gasteiger partial charge in [-0.15, -0.1) is 0 Å². The molecule has 0 aliphatic rings. The maximum absolute atomic E-state index is 11.6. The Bertz CT molecular complexity index is 451. The van der Waals surface area contributed by atoms with Crippen molar-refractivity contribution in [1.29, 1.82) is 0 Å². The zero-order valence-corrected chi connectivity index (χ0v) is 10.6. The molecule has 1 aromatic carbocycles. The number of unbranched alkanes of at least 4 members (excludes halogenated alkanes) is 2. The first-order valence-corrected chi connectivity index (χ1v) is 6.99. The molecule has 1 aromatic rings. The van der Waals surface area contributed by atoms with Crippen molar-refractivity contribution in [2.24, 2.45) is 0 Å². The summed E-state index contributed by atoms with van der Waals surface area (Å²) < 4.78 is 27.8. The Hall–Kier alpha value is -1.36. The molecule has 94 valence electrons. The quantitative estimate of drug-likeness (QED) is 0.579. The number of benzene rings is 1. The molecule has 0 atom stereocenters. The van der Waals surface area contributed by atoms with Gasteiger partial charge in [-0.3, -0.25) is 4.79 Å². The molecule has 0 amide bonds. The van der Waals surface area contributed by atoms with Gasteiger partial charge in [0.2, 0.25) is 0 Å². The highest BCUT2D eigenvalue weighted by Gasteiger charge is 2.19. The summed E-state index contributed by atoms with van der Waals surface area (Å²) in [6, 6.07) is 7.65. The zero-order valence-electron chi connectivity index (χ0n) is 9.76. The standard InChI is InChI=1S/C12H16O4S/c1-2-3-5-10-12(13)16-17(14,15)11-8-6-4-7-9-11/h4,6-9H,2-3,5,10H2,1H3. The van der Waals surface area contributed by atoms with Gasteiger partial charge in [-0.05, 0) is 18.6 Å². The molecule has 0 aromatic heterocycles. The predicted octanol–water partition coefficient (Wildman–Crippen LogP) is 2.50. The maximum atomic E-state index is 11.6. The summed E-state index contributed by atoms with van der Waals surface area (Å²) in [7, 11) is -3.95. The van der Waals surface area contributed by atoms with E-state index in [2.05, 4.69) is 4.18 Å². The molecule has 4 nitrogen and oxygen atoms in total. The molecule has 17 heavy (non-hydrogen) atoms. The van der Waals surface area contributed by atoms with Crippen molar-refractivity contribution in [1.82, 2.24) is 0 Å². The number of hydrogen-bond acceptors (Lipinski definition) is 4. The molecule has 0 heterocycles. The van der Waals surface area contributed by atoms with E-state index in [1.165, 1.54) is 12.1 Å². The van der Waals surface area contributed by atoms with E-state index in [9.17, 15) is 13.2 Å². The smallest absolute Gasteiger partial charge is 0.341 e. The average molecular weight is 256 g/mol. The van der Waals surface area contributed by atoms with Gasteiger partial charge in [0, 0.05) is 6.42 Å². The second kappa shape index (κ2) is 6.39. The largest absolute Gasteiger partial charge is 0.342 e. The summed E-state index contributed by atoms with van der Waals surface area (Å²) in [5.74, 6) is -0.692. The van der Waals surface area contributed by atoms with Crippen LogP contribution in [0, 0.1) is 0 Å². The van der Waals surface area contributed by atoms with Crippen LogP contribution < -0.4 is 0 Å². The Morgan fingerprint density at radius 2 is 1.82 bits per heavy atom. The van der Waals surface area contributed by atoms with E-state index in [-0.39, 0.29) is 11.3 Å². The molecule has 5 heteroatoms. The van der Waals surface area contributed by atoms with Gasteiger partial charge >= 0.3 is 16.1 Å². The summed E-state index contributed by atoms with van der Waals surface area (Å²) in [4.78, 5) is 11.3. The van der Waals surface area contributed by atoms with Gasteiger partial charge in [0.05, 0.1) is 0 Å². The molecule has 0 unspecified atom stereocenters. The molecule has 0 aliphatic carbocycles. The Labute approximate surface area is 102 Å². The molecule has 0 saturated heterocycles. The van der Waals surface area contributed by atoms with Gasteiger partial charge in [0.15, 0.2) is 0 Å². The van der Waals surface area contributed by atoms with Crippen LogP contribution in [0.3, 0.4) is 0 Å². The van der Waals surface area contributed by atoms with Crippen LogP contribution in [0.5, 0.6) is 0 Å². The molecule has 1 rings (SSSR count). The van der Waals surface area contributed by atoms with Gasteiger partial charge in [-0.1, -0.05) is 38.0 Å². The second-order valence-electron chi connectivity index (χ2n) is 3.68. The topological polar surface area (TPSA) is 60.4 Å². The molecule has 0 aliphatic heterocycles. The van der Waals surface area contributed by atoms with Gasteiger partial charge in [0.1, 0.15) is 4.90 Å². The van der Waals surface area contributed by atoms with E-state index in [0.717, 1.165) is 12.8 Å². The minimum absolute atomic E-state index is 0.00356. The highest BCUT2D eigenvalue weighted by atomic mass is 32.2. The van der Waals surface area contributed by atoms with Gasteiger partial charge in [-0.2, -0.15) is 8.42 Å². The van der Waals surface area contributed by atoms with Crippen LogP contribution in [-0.2, 0) is 19.1 Å². The van der Waals surface area contributed by atoms with Crippen molar-refractivity contribution in [2.75, 3.05) is 0 Å². The molecular weight excluding hydrogens is 240 g/mol. The minimum Gasteiger partial charge on any atom is -0.342 e. The number of carbonyl (C=O) groups excluding carboxylic acids is 1. The average Bonchev–Trinajstić information content (AvgIpc) is 2.30. The first-order valence-electron chi connectivity index (χ1n) is 5.58. The fourth-order valence-corrected chi connectivity index (χ4v) is 2.23. The monoisotopic (exact) mass is 256 g/mol. The van der Waals surface area contributed by atoms with Crippen molar-refractivity contribution in [3.05, 3.63) is 30.3 Å². The van der Waals surface area contributed by atoms with E-state index < -0.39 is 16.1 Å². The van der Waals surface area contributed by atoms with Crippen molar-refractivity contribution in [3.8, 4) is 0 Å². The first kappa shape index (κ1) is 13.7. The second-order valence-corrected chi connectivity index (χ2v) is 5.23. The van der Waals surface area contributed by atoms with E-state index in [4.69, 9.17) is 0 Å². The minimum atomic E-state index is -3.95. The molecule has 0 spiro atoms. The third-order valence-corrected chi connectivity index (χ3v) is 3.47. The highest BCUT2D eigenvalue weighted by molar-refractivity contribution is 7.87. The Kier molecular flexibility index (Phi) is 5.15. The fraction of sp³-hybridized carbons (Fsp3) is 0.417. The molecule has 0 bridgehead atoms. The number of rotatable bonds is 6. The van der Waals surface area contributed by atoms with Crippen LogP contribution >= 0.6 is 0 Å². The molecule has 0 N–H and O–H groups in total. The summed E-state index contributed by atoms with van der Waals surface area (Å²) >= 11 is 0. The van der Waals surface area contributed by atoms with E-state index in [1.54, 1.807) is 18.2 Å². The lowest BCUT2D eigenvalue weighted by molar-refractivity contribution is -0.133. The SMILES string of the molecule is CCCCCC(=O)OS(=O)(=O)c1ccccc1. The van der Waals surface area contributed by atoms with Crippen molar-refractivity contribution < 1.29 is 17.4 Å². The van der Waals surface area contributed by atoms with E-state index in [1.807, 2.05) is 6.92 Å². The normalized spacial score (nSPS) is 11.1. The van der Waals surface area contributed by atoms with E-state index in [0.29, 0.717) is 6.42 Å². The van der Waals surface area contributed by atoms with Gasteiger partial charge < -0.3 is 4.18 Å². The first-order chi connectivity index (χ1) is 8.06. The summed E-state index contributed by atoms with van der Waals surface area (Å²) in [6.45, 7) is 2.01. The summed E-state index contributed by atoms with van der Waals surface area (Å²) in [5.41, 5.74) is 0. The third-order valence-electron chi connectivity index (χ3n) is 2.22. The van der Waals surface area contributed by atoms with Crippen LogP contribution in [0.1, 0.15) is 32.6 Å². The van der Waals surface area contributed by atoms with Crippen LogP contribution in [0.25, 0.3) is 0 Å². The lowest BCUT2D eigenvalue weighted by atomic mass is 10.2. The van der Waals surface area contributed by atoms with Crippen molar-refractivity contribution in [2.45, 2.75) is 37.5 Å². The Balaban J connectivity index is 2.59. The van der Waals surface area contributed by atoms with Gasteiger partial charge in [0.25, 0.3) is 0 Å². The fourth-order valence-electron chi connectivity index (χ4n) is 1.32. The lowest BCUT2D eigenvalue weighted by Gasteiger charge is -2.05. The Morgan fingerprint density at radius 3 is 2.41 bits per heavy atom. The number of carbonyl (C=O) groups is 1. The van der Waals surface area contributed by atoms with Crippen molar-refractivity contribution in [3.63, 3.8) is 0 Å². The summed E-state index contributed by atoms with van der Waals surface area (Å²) in [6.07, 6.45) is 2.65. The Morgan fingerprint density at radius 1 is 1.18 bits per heavy atom. The third kappa shape index (κ3) is 4.56. The van der Waals surface area contributed by atoms with Crippen LogP contribution in [0.2, 0.25) is 0 Å². The molecule has 0 saturated carbocycles. The van der Waals surface area contributed by atoms with Crippen LogP contribution in [0.15, 0.2) is 35.2 Å². The predicted molar refractivity (Wildman–Crippen MR) is 63.9 cm³/mol. The molecule has 0 radical (unpaired) electrons. The maximum Gasteiger partial charge on any atom is 0.341 e. The highest BCUT2D eigenvalue weighted by Crippen LogP contribution is 2.13. The van der Waals surface area contributed by atoms with Crippen LogP contribution in [-0.4, -0.2) is 14.4 Å². The number of hydrogen-bond donors (Lipinski definition) is 0. The van der Waals surface area contributed by atoms with Crippen molar-refractivity contribution >= 4 is 16.1 Å². The molecular formula is C12H16O4S. The molecule has 0 fully saturated rings. The van der Waals surface area contributed by atoms with Gasteiger partial charge in [-0.25, -0.2) is 0 Å². The van der Waals surface area contributed by atoms with Crippen LogP contribution in [0.4, 0.5) is 0 Å². The van der Waals surface area contributed by atoms with E-state index >= 15 is 0 Å².